The van der Waals surface area contributed by atoms with E-state index in [0.29, 0.717) is 43.1 Å². The van der Waals surface area contributed by atoms with E-state index >= 15 is 0 Å². The van der Waals surface area contributed by atoms with E-state index in [0.717, 1.165) is 0 Å². The van der Waals surface area contributed by atoms with Crippen molar-refractivity contribution in [1.29, 1.82) is 0 Å². The molecule has 0 spiro atoms. The van der Waals surface area contributed by atoms with E-state index in [-0.39, 0.29) is 11.3 Å². The van der Waals surface area contributed by atoms with E-state index in [2.05, 4.69) is 5.32 Å². The van der Waals surface area contributed by atoms with Crippen LogP contribution in [0.5, 0.6) is 11.5 Å². The van der Waals surface area contributed by atoms with Crippen LogP contribution in [0.2, 0.25) is 0 Å². The average molecular weight is 342 g/mol. The quantitative estimate of drug-likeness (QED) is 0.901. The van der Waals surface area contributed by atoms with Crippen LogP contribution in [0.4, 0.5) is 10.5 Å². The van der Waals surface area contributed by atoms with E-state index in [1.807, 2.05) is 0 Å². The molecule has 1 N–H and O–H groups in total. The lowest BCUT2D eigenvalue weighted by atomic mass is 10.1. The molecule has 0 bridgehead atoms. The van der Waals surface area contributed by atoms with Crippen molar-refractivity contribution >= 4 is 21.6 Å². The van der Waals surface area contributed by atoms with Gasteiger partial charge in [-0.2, -0.15) is 0 Å². The summed E-state index contributed by atoms with van der Waals surface area (Å²) >= 11 is 0. The van der Waals surface area contributed by atoms with Crippen molar-refractivity contribution in [2.45, 2.75) is 18.1 Å². The van der Waals surface area contributed by atoms with Gasteiger partial charge in [-0.3, -0.25) is 0 Å². The summed E-state index contributed by atoms with van der Waals surface area (Å²) in [5.41, 5.74) is 0.595. The van der Waals surface area contributed by atoms with Crippen LogP contribution in [0.25, 0.3) is 0 Å². The molecule has 8 heteroatoms. The fraction of sp³-hybridized carbons (Fsp3) is 0.533. The molecule has 1 aromatic rings. The molecule has 23 heavy (non-hydrogen) atoms. The van der Waals surface area contributed by atoms with Crippen molar-refractivity contribution < 1.29 is 22.7 Å². The first-order valence-corrected chi connectivity index (χ1v) is 9.27. The normalized spacial score (nSPS) is 16.0. The van der Waals surface area contributed by atoms with Crippen LogP contribution in [0, 0.1) is 0 Å². The van der Waals surface area contributed by atoms with E-state index < -0.39 is 9.84 Å². The first-order chi connectivity index (χ1) is 10.8. The number of piperidine rings is 1. The fourth-order valence-electron chi connectivity index (χ4n) is 2.60. The number of hydrogen-bond acceptors (Lipinski definition) is 5. The number of methoxy groups -OCH3 is 2. The van der Waals surface area contributed by atoms with E-state index in [1.165, 1.54) is 13.4 Å². The Morgan fingerprint density at radius 3 is 2.30 bits per heavy atom. The van der Waals surface area contributed by atoms with Gasteiger partial charge in [0.15, 0.2) is 11.5 Å². The van der Waals surface area contributed by atoms with Gasteiger partial charge in [0, 0.05) is 31.1 Å². The molecular weight excluding hydrogens is 320 g/mol. The Labute approximate surface area is 136 Å². The zero-order chi connectivity index (χ0) is 17.0. The number of likely N-dealkylation sites (tertiary alicyclic amines) is 1. The maximum absolute atomic E-state index is 12.3. The maximum atomic E-state index is 12.3. The van der Waals surface area contributed by atoms with Gasteiger partial charge in [-0.25, -0.2) is 13.2 Å². The summed E-state index contributed by atoms with van der Waals surface area (Å²) in [4.78, 5) is 13.9. The van der Waals surface area contributed by atoms with E-state index in [1.54, 1.807) is 30.2 Å². The first kappa shape index (κ1) is 17.4. The van der Waals surface area contributed by atoms with Gasteiger partial charge in [-0.05, 0) is 25.0 Å². The third-order valence-corrected chi connectivity index (χ3v) is 5.65. The lowest BCUT2D eigenvalue weighted by Crippen LogP contribution is -2.44. The number of nitrogens with one attached hydrogen (secondary N) is 1. The summed E-state index contributed by atoms with van der Waals surface area (Å²) in [5.74, 6) is 1.11. The number of sulfone groups is 1. The van der Waals surface area contributed by atoms with Gasteiger partial charge in [0.2, 0.25) is 0 Å². The molecule has 1 saturated heterocycles. The molecule has 1 heterocycles. The summed E-state index contributed by atoms with van der Waals surface area (Å²) in [6, 6.07) is 4.87. The number of anilines is 1. The second kappa shape index (κ2) is 7.08. The topological polar surface area (TPSA) is 84.9 Å². The molecule has 0 saturated carbocycles. The predicted molar refractivity (Wildman–Crippen MR) is 88.0 cm³/mol. The Bertz CT molecular complexity index is 666. The van der Waals surface area contributed by atoms with Crippen LogP contribution in [0.1, 0.15) is 12.8 Å². The number of hydrogen-bond donors (Lipinski definition) is 1. The molecule has 0 aromatic heterocycles. The molecule has 0 atom stereocenters. The highest BCUT2D eigenvalue weighted by Crippen LogP contribution is 2.30. The molecule has 0 radical (unpaired) electrons. The van der Waals surface area contributed by atoms with Crippen LogP contribution >= 0.6 is 0 Å². The zero-order valence-corrected chi connectivity index (χ0v) is 14.4. The molecule has 0 aliphatic carbocycles. The monoisotopic (exact) mass is 342 g/mol. The van der Waals surface area contributed by atoms with Gasteiger partial charge in [0.1, 0.15) is 9.84 Å². The van der Waals surface area contributed by atoms with Crippen LogP contribution in [-0.4, -0.2) is 58.2 Å². The molecule has 1 aliphatic rings. The predicted octanol–water partition coefficient (Wildman–Crippen LogP) is 1.74. The maximum Gasteiger partial charge on any atom is 0.321 e. The third-order valence-electron chi connectivity index (χ3n) is 3.97. The second-order valence-corrected chi connectivity index (χ2v) is 7.84. The Balaban J connectivity index is 1.98. The van der Waals surface area contributed by atoms with Crippen LogP contribution in [0.15, 0.2) is 18.2 Å². The van der Waals surface area contributed by atoms with Crippen LogP contribution < -0.4 is 14.8 Å². The SMILES string of the molecule is COc1ccc(NC(=O)N2CCC(S(C)(=O)=O)CC2)cc1OC. The van der Waals surface area contributed by atoms with Crippen molar-refractivity contribution in [2.24, 2.45) is 0 Å². The lowest BCUT2D eigenvalue weighted by molar-refractivity contribution is 0.200. The van der Waals surface area contributed by atoms with Gasteiger partial charge in [0.25, 0.3) is 0 Å². The number of carbonyl (C=O) groups excluding carboxylic acids is 1. The molecule has 7 nitrogen and oxygen atoms in total. The summed E-state index contributed by atoms with van der Waals surface area (Å²) in [5, 5.41) is 2.44. The van der Waals surface area contributed by atoms with Crippen molar-refractivity contribution in [2.75, 3.05) is 38.9 Å². The Morgan fingerprint density at radius 1 is 1.17 bits per heavy atom. The number of amides is 2. The summed E-state index contributed by atoms with van der Waals surface area (Å²) in [6.45, 7) is 0.855. The Morgan fingerprint density at radius 2 is 1.78 bits per heavy atom. The number of ether oxygens (including phenoxy) is 2. The minimum Gasteiger partial charge on any atom is -0.493 e. The lowest BCUT2D eigenvalue weighted by Gasteiger charge is -2.31. The minimum absolute atomic E-state index is 0.246. The highest BCUT2D eigenvalue weighted by Gasteiger charge is 2.28. The smallest absolute Gasteiger partial charge is 0.321 e. The largest absolute Gasteiger partial charge is 0.493 e. The molecule has 2 rings (SSSR count). The first-order valence-electron chi connectivity index (χ1n) is 7.32. The summed E-state index contributed by atoms with van der Waals surface area (Å²) < 4.78 is 33.4. The van der Waals surface area contributed by atoms with Crippen LogP contribution in [-0.2, 0) is 9.84 Å². The van der Waals surface area contributed by atoms with Crippen molar-refractivity contribution in [3.8, 4) is 11.5 Å². The number of benzene rings is 1. The van der Waals surface area contributed by atoms with Crippen molar-refractivity contribution in [3.05, 3.63) is 18.2 Å². The Hall–Kier alpha value is -1.96. The fourth-order valence-corrected chi connectivity index (χ4v) is 3.67. The number of carbonyl (C=O) groups is 1. The molecule has 1 aliphatic heterocycles. The minimum atomic E-state index is -3.04. The van der Waals surface area contributed by atoms with E-state index in [4.69, 9.17) is 9.47 Å². The number of urea groups is 1. The van der Waals surface area contributed by atoms with Gasteiger partial charge in [-0.15, -0.1) is 0 Å². The average Bonchev–Trinajstić information content (AvgIpc) is 2.54. The molecule has 0 unspecified atom stereocenters. The Kier molecular flexibility index (Phi) is 5.35. The van der Waals surface area contributed by atoms with Gasteiger partial charge < -0.3 is 19.7 Å². The van der Waals surface area contributed by atoms with Gasteiger partial charge in [0.05, 0.1) is 19.5 Å². The van der Waals surface area contributed by atoms with Gasteiger partial charge in [-0.1, -0.05) is 0 Å². The molecule has 2 amide bonds. The van der Waals surface area contributed by atoms with Crippen LogP contribution in [0.3, 0.4) is 0 Å². The highest BCUT2D eigenvalue weighted by atomic mass is 32.2. The summed E-state index contributed by atoms with van der Waals surface area (Å²) in [7, 11) is 0.0315. The molecule has 1 fully saturated rings. The zero-order valence-electron chi connectivity index (χ0n) is 13.5. The highest BCUT2D eigenvalue weighted by molar-refractivity contribution is 7.91. The molecule has 128 valence electrons. The van der Waals surface area contributed by atoms with Crippen molar-refractivity contribution in [1.82, 2.24) is 4.90 Å². The second-order valence-electron chi connectivity index (χ2n) is 5.52. The van der Waals surface area contributed by atoms with Crippen molar-refractivity contribution in [3.63, 3.8) is 0 Å². The van der Waals surface area contributed by atoms with Gasteiger partial charge >= 0.3 is 6.03 Å². The standard InChI is InChI=1S/C15H22N2O5S/c1-21-13-5-4-11(10-14(13)22-2)16-15(18)17-8-6-12(7-9-17)23(3,19)20/h4-5,10,12H,6-9H2,1-3H3,(H,16,18). The third kappa shape index (κ3) is 4.28. The number of nitrogens with zero attached hydrogens (tertiary/aromatic N) is 1. The number of rotatable bonds is 4. The molecular formula is C15H22N2O5S. The van der Waals surface area contributed by atoms with E-state index in [9.17, 15) is 13.2 Å². The summed E-state index contributed by atoms with van der Waals surface area (Å²) in [6.07, 6.45) is 2.19. The molecule has 1 aromatic carbocycles.